The summed E-state index contributed by atoms with van der Waals surface area (Å²) in [6.07, 6.45) is -1.43. The quantitative estimate of drug-likeness (QED) is 0.825. The van der Waals surface area contributed by atoms with Crippen molar-refractivity contribution in [3.63, 3.8) is 0 Å². The Bertz CT molecular complexity index is 369. The Labute approximate surface area is 94.4 Å². The maximum atomic E-state index is 9.73. The van der Waals surface area contributed by atoms with Gasteiger partial charge in [-0.25, -0.2) is 0 Å². The van der Waals surface area contributed by atoms with Crippen LogP contribution in [0.3, 0.4) is 0 Å². The van der Waals surface area contributed by atoms with E-state index in [1.807, 2.05) is 0 Å². The van der Waals surface area contributed by atoms with Crippen molar-refractivity contribution in [1.29, 1.82) is 0 Å². The third-order valence-electron chi connectivity index (χ3n) is 2.16. The smallest absolute Gasteiger partial charge is 0.152 e. The van der Waals surface area contributed by atoms with Gasteiger partial charge in [0.1, 0.15) is 11.9 Å². The fraction of sp³-hybridized carbons (Fsp3) is 0.333. The number of rotatable bonds is 1. The summed E-state index contributed by atoms with van der Waals surface area (Å²) in [6.45, 7) is -0.232. The van der Waals surface area contributed by atoms with Crippen molar-refractivity contribution in [3.8, 4) is 5.75 Å². The van der Waals surface area contributed by atoms with Gasteiger partial charge in [0.25, 0.3) is 0 Å². The van der Waals surface area contributed by atoms with E-state index in [1.165, 1.54) is 0 Å². The number of fused-ring (bicyclic) bond motifs is 1. The fourth-order valence-electron chi connectivity index (χ4n) is 1.48. The molecule has 0 fully saturated rings. The average molecular weight is 280 g/mol. The molecule has 1 aliphatic heterocycles. The molecule has 1 aromatic rings. The molecule has 0 saturated heterocycles. The van der Waals surface area contributed by atoms with Crippen LogP contribution in [0.4, 0.5) is 0 Å². The normalized spacial score (nSPS) is 24.6. The Morgan fingerprint density at radius 2 is 2.21 bits per heavy atom. The van der Waals surface area contributed by atoms with Crippen molar-refractivity contribution in [2.24, 2.45) is 0 Å². The summed E-state index contributed by atoms with van der Waals surface area (Å²) >= 11 is 9.19. The van der Waals surface area contributed by atoms with Crippen LogP contribution in [0.15, 0.2) is 16.6 Å². The molecular formula is C9H8BrClO3. The lowest BCUT2D eigenvalue weighted by atomic mass is 10.1. The van der Waals surface area contributed by atoms with Gasteiger partial charge in [-0.2, -0.15) is 0 Å². The Hall–Kier alpha value is -0.290. The van der Waals surface area contributed by atoms with Crippen molar-refractivity contribution >= 4 is 27.5 Å². The molecule has 0 amide bonds. The highest BCUT2D eigenvalue weighted by molar-refractivity contribution is 9.10. The lowest BCUT2D eigenvalue weighted by molar-refractivity contribution is 0.0279. The van der Waals surface area contributed by atoms with Crippen molar-refractivity contribution in [2.45, 2.75) is 12.2 Å². The first kappa shape index (κ1) is 10.2. The van der Waals surface area contributed by atoms with Crippen LogP contribution in [0, 0.1) is 0 Å². The molecule has 0 spiro atoms. The molecular weight excluding hydrogens is 271 g/mol. The van der Waals surface area contributed by atoms with Gasteiger partial charge in [-0.1, -0.05) is 27.5 Å². The van der Waals surface area contributed by atoms with Gasteiger partial charge in [-0.3, -0.25) is 0 Å². The summed E-state index contributed by atoms with van der Waals surface area (Å²) in [5.74, 6) is 0.460. The topological polar surface area (TPSA) is 49.7 Å². The zero-order valence-electron chi connectivity index (χ0n) is 7.08. The highest BCUT2D eigenvalue weighted by Gasteiger charge is 2.34. The monoisotopic (exact) mass is 278 g/mol. The third-order valence-corrected chi connectivity index (χ3v) is 2.90. The molecule has 2 N–H and O–H groups in total. The van der Waals surface area contributed by atoms with E-state index in [0.717, 1.165) is 4.47 Å². The molecule has 1 aliphatic rings. The Kier molecular flexibility index (Phi) is 2.70. The number of benzene rings is 1. The van der Waals surface area contributed by atoms with Crippen molar-refractivity contribution in [2.75, 3.05) is 6.61 Å². The zero-order valence-corrected chi connectivity index (χ0v) is 9.42. The van der Waals surface area contributed by atoms with E-state index in [2.05, 4.69) is 15.9 Å². The van der Waals surface area contributed by atoms with Crippen LogP contribution in [0.2, 0.25) is 5.02 Å². The van der Waals surface area contributed by atoms with Gasteiger partial charge in [0.2, 0.25) is 0 Å². The Morgan fingerprint density at radius 1 is 1.50 bits per heavy atom. The van der Waals surface area contributed by atoms with Crippen LogP contribution in [-0.2, 0) is 0 Å². The molecule has 0 saturated carbocycles. The van der Waals surface area contributed by atoms with E-state index in [0.29, 0.717) is 16.3 Å². The molecule has 0 radical (unpaired) electrons. The number of halogens is 2. The molecule has 2 unspecified atom stereocenters. The van der Waals surface area contributed by atoms with E-state index in [-0.39, 0.29) is 6.61 Å². The first-order chi connectivity index (χ1) is 6.63. The Morgan fingerprint density at radius 3 is 2.86 bits per heavy atom. The van der Waals surface area contributed by atoms with Crippen molar-refractivity contribution in [1.82, 2.24) is 0 Å². The third kappa shape index (κ3) is 1.52. The molecule has 1 aromatic carbocycles. The van der Waals surface area contributed by atoms with Gasteiger partial charge in [-0.15, -0.1) is 0 Å². The highest BCUT2D eigenvalue weighted by Crippen LogP contribution is 2.43. The Balaban J connectivity index is 2.48. The molecule has 0 aromatic heterocycles. The second kappa shape index (κ2) is 3.70. The van der Waals surface area contributed by atoms with Gasteiger partial charge in [0, 0.05) is 10.0 Å². The van der Waals surface area contributed by atoms with Gasteiger partial charge in [-0.05, 0) is 12.1 Å². The molecule has 76 valence electrons. The maximum absolute atomic E-state index is 9.73. The molecule has 0 bridgehead atoms. The lowest BCUT2D eigenvalue weighted by Crippen LogP contribution is -2.22. The van der Waals surface area contributed by atoms with Gasteiger partial charge < -0.3 is 14.9 Å². The van der Waals surface area contributed by atoms with Gasteiger partial charge in [0.05, 0.1) is 11.6 Å². The second-order valence-corrected chi connectivity index (χ2v) is 4.41. The molecule has 3 nitrogen and oxygen atoms in total. The predicted molar refractivity (Wildman–Crippen MR) is 55.6 cm³/mol. The van der Waals surface area contributed by atoms with Crippen LogP contribution in [0.5, 0.6) is 5.75 Å². The molecule has 14 heavy (non-hydrogen) atoms. The lowest BCUT2D eigenvalue weighted by Gasteiger charge is -2.09. The zero-order chi connectivity index (χ0) is 10.3. The number of aliphatic hydroxyl groups excluding tert-OH is 2. The van der Waals surface area contributed by atoms with Gasteiger partial charge >= 0.3 is 0 Å². The number of hydrogen-bond acceptors (Lipinski definition) is 3. The van der Waals surface area contributed by atoms with Gasteiger partial charge in [0.15, 0.2) is 6.10 Å². The van der Waals surface area contributed by atoms with Crippen molar-refractivity contribution < 1.29 is 14.9 Å². The van der Waals surface area contributed by atoms with Crippen LogP contribution in [-0.4, -0.2) is 22.9 Å². The number of hydrogen-bond donors (Lipinski definition) is 2. The fourth-order valence-corrected chi connectivity index (χ4v) is 2.36. The van der Waals surface area contributed by atoms with Crippen molar-refractivity contribution in [3.05, 3.63) is 27.2 Å². The van der Waals surface area contributed by atoms with Crippen LogP contribution in [0.1, 0.15) is 11.7 Å². The van der Waals surface area contributed by atoms with E-state index in [1.54, 1.807) is 12.1 Å². The minimum Gasteiger partial charge on any atom is -0.483 e. The molecule has 2 rings (SSSR count). The number of ether oxygens (including phenoxy) is 1. The van der Waals surface area contributed by atoms with E-state index < -0.39 is 12.2 Å². The summed E-state index contributed by atoms with van der Waals surface area (Å²) < 4.78 is 6.08. The largest absolute Gasteiger partial charge is 0.483 e. The van der Waals surface area contributed by atoms with E-state index in [4.69, 9.17) is 21.4 Å². The summed E-state index contributed by atoms with van der Waals surface area (Å²) in [5, 5.41) is 19.1. The summed E-state index contributed by atoms with van der Waals surface area (Å²) in [7, 11) is 0. The highest BCUT2D eigenvalue weighted by atomic mass is 79.9. The molecule has 5 heteroatoms. The van der Waals surface area contributed by atoms with Crippen LogP contribution < -0.4 is 4.74 Å². The van der Waals surface area contributed by atoms with Crippen LogP contribution >= 0.6 is 27.5 Å². The minimum absolute atomic E-state index is 0.232. The standard InChI is InChI=1S/C9H8BrClO3/c10-4-1-5-8(13)7(3-12)14-9(5)6(11)2-4/h1-2,7-8,12-13H,3H2. The molecule has 1 heterocycles. The predicted octanol–water partition coefficient (Wildman–Crippen LogP) is 1.89. The van der Waals surface area contributed by atoms with Crippen LogP contribution in [0.25, 0.3) is 0 Å². The maximum Gasteiger partial charge on any atom is 0.152 e. The average Bonchev–Trinajstić information content (AvgIpc) is 2.44. The SMILES string of the molecule is OCC1Oc2c(Cl)cc(Br)cc2C1O. The summed E-state index contributed by atoms with van der Waals surface area (Å²) in [6, 6.07) is 3.43. The second-order valence-electron chi connectivity index (χ2n) is 3.09. The first-order valence-corrected chi connectivity index (χ1v) is 5.25. The number of aliphatic hydroxyl groups is 2. The summed E-state index contributed by atoms with van der Waals surface area (Å²) in [4.78, 5) is 0. The molecule has 2 atom stereocenters. The first-order valence-electron chi connectivity index (χ1n) is 4.08. The van der Waals surface area contributed by atoms with E-state index >= 15 is 0 Å². The summed E-state index contributed by atoms with van der Waals surface area (Å²) in [5.41, 5.74) is 0.614. The molecule has 0 aliphatic carbocycles. The minimum atomic E-state index is -0.815. The van der Waals surface area contributed by atoms with E-state index in [9.17, 15) is 5.11 Å².